The van der Waals surface area contributed by atoms with E-state index in [2.05, 4.69) is 107 Å². The summed E-state index contributed by atoms with van der Waals surface area (Å²) < 4.78 is 0. The first-order valence-corrected chi connectivity index (χ1v) is 12.6. The lowest BCUT2D eigenvalue weighted by atomic mass is 9.79. The van der Waals surface area contributed by atoms with Gasteiger partial charge in [0.1, 0.15) is 0 Å². The monoisotopic (exact) mass is 458 g/mol. The largest absolute Gasteiger partial charge is 0.361 e. The Hall–Kier alpha value is -3.84. The van der Waals surface area contributed by atoms with Gasteiger partial charge < -0.3 is 9.80 Å². The van der Waals surface area contributed by atoms with Crippen molar-refractivity contribution in [2.45, 2.75) is 50.4 Å². The Morgan fingerprint density at radius 1 is 0.971 bits per heavy atom. The minimum absolute atomic E-state index is 0.227. The summed E-state index contributed by atoms with van der Waals surface area (Å²) in [6.45, 7) is 2.33. The number of pyridine rings is 1. The summed E-state index contributed by atoms with van der Waals surface area (Å²) in [5, 5.41) is 9.65. The molecule has 1 aromatic carbocycles. The van der Waals surface area contributed by atoms with Crippen molar-refractivity contribution in [3.05, 3.63) is 109 Å². The maximum absolute atomic E-state index is 9.65. The summed E-state index contributed by atoms with van der Waals surface area (Å²) in [6, 6.07) is 14.0. The van der Waals surface area contributed by atoms with Gasteiger partial charge >= 0.3 is 0 Å². The van der Waals surface area contributed by atoms with Gasteiger partial charge in [-0.3, -0.25) is 4.98 Å². The maximum Gasteiger partial charge on any atom is 0.0999 e. The average Bonchev–Trinajstić information content (AvgIpc) is 2.92. The molecule has 5 atom stereocenters. The van der Waals surface area contributed by atoms with Gasteiger partial charge in [-0.1, -0.05) is 67.7 Å². The molecule has 1 saturated heterocycles. The molecule has 4 unspecified atom stereocenters. The Morgan fingerprint density at radius 2 is 1.83 bits per heavy atom. The number of hydrogen-bond acceptors (Lipinski definition) is 4. The van der Waals surface area contributed by atoms with E-state index in [1.807, 2.05) is 0 Å². The first-order valence-electron chi connectivity index (χ1n) is 12.6. The number of piperazine rings is 1. The Bertz CT molecular complexity index is 1310. The third-order valence-corrected chi connectivity index (χ3v) is 7.76. The number of hydrogen-bond donors (Lipinski definition) is 0. The highest BCUT2D eigenvalue weighted by Crippen LogP contribution is 2.43. The van der Waals surface area contributed by atoms with Crippen molar-refractivity contribution in [3.63, 3.8) is 0 Å². The second-order valence-corrected chi connectivity index (χ2v) is 9.93. The summed E-state index contributed by atoms with van der Waals surface area (Å²) in [5.41, 5.74) is 5.22. The predicted molar refractivity (Wildman–Crippen MR) is 142 cm³/mol. The lowest BCUT2D eigenvalue weighted by Crippen LogP contribution is -2.68. The highest BCUT2D eigenvalue weighted by atomic mass is 15.4. The molecule has 2 aromatic rings. The fourth-order valence-corrected chi connectivity index (χ4v) is 6.21. The topological polar surface area (TPSA) is 43.2 Å². The van der Waals surface area contributed by atoms with Gasteiger partial charge in [-0.2, -0.15) is 5.26 Å². The van der Waals surface area contributed by atoms with Crippen LogP contribution >= 0.6 is 0 Å². The molecule has 1 aromatic heterocycles. The van der Waals surface area contributed by atoms with E-state index in [4.69, 9.17) is 0 Å². The van der Waals surface area contributed by atoms with Crippen LogP contribution in [0.2, 0.25) is 0 Å². The second kappa shape index (κ2) is 9.07. The number of aromatic nitrogens is 1. The van der Waals surface area contributed by atoms with E-state index in [9.17, 15) is 5.26 Å². The average molecular weight is 459 g/mol. The van der Waals surface area contributed by atoms with Crippen LogP contribution in [0, 0.1) is 17.2 Å². The SMILES string of the molecule is CC1C=CC2C(C1)N(C1=CC=CCC1)[C@@H]1C=CC=CC1N2c1cccc(-c2cnccc2C#N)c1. The zero-order valence-corrected chi connectivity index (χ0v) is 20.0. The van der Waals surface area contributed by atoms with Gasteiger partial charge in [0, 0.05) is 29.3 Å². The predicted octanol–water partition coefficient (Wildman–Crippen LogP) is 6.17. The van der Waals surface area contributed by atoms with Crippen molar-refractivity contribution in [1.82, 2.24) is 9.88 Å². The maximum atomic E-state index is 9.65. The molecule has 2 heterocycles. The van der Waals surface area contributed by atoms with Gasteiger partial charge in [-0.05, 0) is 55.0 Å². The van der Waals surface area contributed by atoms with Crippen molar-refractivity contribution >= 4 is 5.69 Å². The van der Waals surface area contributed by atoms with E-state index in [1.54, 1.807) is 18.5 Å². The molecule has 0 saturated carbocycles. The molecule has 3 aliphatic carbocycles. The Labute approximate surface area is 207 Å². The van der Waals surface area contributed by atoms with Crippen LogP contribution in [-0.2, 0) is 0 Å². The fourth-order valence-electron chi connectivity index (χ4n) is 6.21. The number of nitrogens with zero attached hydrogens (tertiary/aromatic N) is 4. The Kier molecular flexibility index (Phi) is 5.62. The van der Waals surface area contributed by atoms with Crippen molar-refractivity contribution in [1.29, 1.82) is 5.26 Å². The quantitative estimate of drug-likeness (QED) is 0.516. The van der Waals surface area contributed by atoms with Gasteiger partial charge in [0.2, 0.25) is 0 Å². The van der Waals surface area contributed by atoms with E-state index >= 15 is 0 Å². The van der Waals surface area contributed by atoms with Crippen molar-refractivity contribution in [2.75, 3.05) is 4.90 Å². The normalized spacial score (nSPS) is 28.8. The summed E-state index contributed by atoms with van der Waals surface area (Å²) in [5.74, 6) is 0.555. The van der Waals surface area contributed by atoms with Gasteiger partial charge in [-0.25, -0.2) is 0 Å². The van der Waals surface area contributed by atoms with Gasteiger partial charge in [-0.15, -0.1) is 0 Å². The highest BCUT2D eigenvalue weighted by Gasteiger charge is 2.47. The molecule has 4 nitrogen and oxygen atoms in total. The molecule has 0 spiro atoms. The third kappa shape index (κ3) is 3.82. The number of rotatable bonds is 3. The summed E-state index contributed by atoms with van der Waals surface area (Å²) in [4.78, 5) is 9.64. The number of fused-ring (bicyclic) bond motifs is 2. The molecule has 0 radical (unpaired) electrons. The number of benzene rings is 1. The van der Waals surface area contributed by atoms with Crippen LogP contribution in [0.1, 0.15) is 31.7 Å². The summed E-state index contributed by atoms with van der Waals surface area (Å²) in [6.07, 6.45) is 27.6. The minimum Gasteiger partial charge on any atom is -0.361 e. The molecule has 6 rings (SSSR count). The second-order valence-electron chi connectivity index (χ2n) is 9.93. The van der Waals surface area contributed by atoms with Crippen LogP contribution < -0.4 is 4.90 Å². The van der Waals surface area contributed by atoms with Crippen LogP contribution in [-0.4, -0.2) is 34.1 Å². The molecule has 0 amide bonds. The zero-order chi connectivity index (χ0) is 23.8. The van der Waals surface area contributed by atoms with Crippen LogP contribution in [0.25, 0.3) is 11.1 Å². The molecule has 174 valence electrons. The lowest BCUT2D eigenvalue weighted by molar-refractivity contribution is 0.115. The molecular formula is C31H30N4. The number of nitriles is 1. The highest BCUT2D eigenvalue weighted by molar-refractivity contribution is 5.73. The molecule has 0 bridgehead atoms. The Balaban J connectivity index is 1.47. The van der Waals surface area contributed by atoms with E-state index in [-0.39, 0.29) is 18.1 Å². The molecular weight excluding hydrogens is 428 g/mol. The van der Waals surface area contributed by atoms with E-state index in [0.29, 0.717) is 17.5 Å². The van der Waals surface area contributed by atoms with E-state index in [1.165, 1.54) is 11.4 Å². The van der Waals surface area contributed by atoms with Crippen molar-refractivity contribution < 1.29 is 0 Å². The van der Waals surface area contributed by atoms with E-state index < -0.39 is 0 Å². The lowest BCUT2D eigenvalue weighted by Gasteiger charge is -2.58. The van der Waals surface area contributed by atoms with Gasteiger partial charge in [0.05, 0.1) is 35.8 Å². The first kappa shape index (κ1) is 21.7. The van der Waals surface area contributed by atoms with Gasteiger partial charge in [0.25, 0.3) is 0 Å². The third-order valence-electron chi connectivity index (χ3n) is 7.76. The summed E-state index contributed by atoms with van der Waals surface area (Å²) in [7, 11) is 0. The van der Waals surface area contributed by atoms with Crippen molar-refractivity contribution in [2.24, 2.45) is 5.92 Å². The van der Waals surface area contributed by atoms with Crippen LogP contribution in [0.4, 0.5) is 5.69 Å². The standard InChI is InChI=1S/C31H30N4/c1-22-14-15-30-31(18-22)34(25-9-3-2-4-10-25)28-12-5-6-13-29(28)35(30)26-11-7-8-23(19-26)27-21-33-17-16-24(27)20-32/h2-3,5-9,11-17,19,21-22,28-31H,4,10,18H2,1H3/t22?,28-,29?,30?,31?/m1/s1. The van der Waals surface area contributed by atoms with Crippen LogP contribution in [0.3, 0.4) is 0 Å². The van der Waals surface area contributed by atoms with Crippen molar-refractivity contribution in [3.8, 4) is 17.2 Å². The fraction of sp³-hybridized carbons (Fsp3) is 0.290. The zero-order valence-electron chi connectivity index (χ0n) is 20.0. The Morgan fingerprint density at radius 3 is 2.63 bits per heavy atom. The molecule has 1 fully saturated rings. The molecule has 0 N–H and O–H groups in total. The first-order chi connectivity index (χ1) is 17.2. The van der Waals surface area contributed by atoms with E-state index in [0.717, 1.165) is 30.4 Å². The minimum atomic E-state index is 0.227. The van der Waals surface area contributed by atoms with Crippen LogP contribution in [0.5, 0.6) is 0 Å². The van der Waals surface area contributed by atoms with Gasteiger partial charge in [0.15, 0.2) is 0 Å². The molecule has 4 heteroatoms. The molecule has 1 aliphatic heterocycles. The number of allylic oxidation sites excluding steroid dienone is 7. The van der Waals surface area contributed by atoms with Crippen LogP contribution in [0.15, 0.2) is 103 Å². The summed E-state index contributed by atoms with van der Waals surface area (Å²) >= 11 is 0. The molecule has 35 heavy (non-hydrogen) atoms. The molecule has 4 aliphatic rings. The smallest absolute Gasteiger partial charge is 0.0999 e. The number of anilines is 1.